The van der Waals surface area contributed by atoms with Crippen molar-refractivity contribution in [2.75, 3.05) is 20.0 Å². The van der Waals surface area contributed by atoms with Crippen molar-refractivity contribution in [3.8, 4) is 0 Å². The number of benzene rings is 2. The van der Waals surface area contributed by atoms with E-state index in [1.54, 1.807) is 35.2 Å². The van der Waals surface area contributed by atoms with E-state index in [4.69, 9.17) is 9.72 Å². The summed E-state index contributed by atoms with van der Waals surface area (Å²) in [5.41, 5.74) is 1.94. The second-order valence-corrected chi connectivity index (χ2v) is 7.32. The largest absolute Gasteiger partial charge is 0.383 e. The first-order valence-corrected chi connectivity index (χ1v) is 10.2. The van der Waals surface area contributed by atoms with Gasteiger partial charge in [-0.05, 0) is 36.1 Å². The lowest BCUT2D eigenvalue weighted by molar-refractivity contribution is 0.183. The van der Waals surface area contributed by atoms with Crippen LogP contribution in [0.25, 0.3) is 10.9 Å². The molecule has 3 rings (SSSR count). The maximum atomic E-state index is 12.8. The Balaban J connectivity index is 1.91. The predicted octanol–water partition coefficient (Wildman–Crippen LogP) is 4.06. The Morgan fingerprint density at radius 1 is 1.12 bits per heavy atom. The first-order valence-electron chi connectivity index (χ1n) is 7.97. The van der Waals surface area contributed by atoms with Gasteiger partial charge in [-0.15, -0.1) is 11.8 Å². The van der Waals surface area contributed by atoms with E-state index in [0.717, 1.165) is 16.4 Å². The van der Waals surface area contributed by atoms with E-state index in [0.29, 0.717) is 18.5 Å². The van der Waals surface area contributed by atoms with E-state index in [2.05, 4.69) is 30.5 Å². The van der Waals surface area contributed by atoms with Gasteiger partial charge in [-0.1, -0.05) is 36.0 Å². The number of hydrogen-bond acceptors (Lipinski definition) is 5. The number of rotatable bonds is 7. The molecule has 2 aromatic carbocycles. The zero-order valence-electron chi connectivity index (χ0n) is 14.3. The Morgan fingerprint density at radius 2 is 1.88 bits per heavy atom. The minimum atomic E-state index is -0.0112. The molecule has 0 saturated carbocycles. The number of ether oxygens (including phenoxy) is 1. The van der Waals surface area contributed by atoms with Crippen LogP contribution in [0.5, 0.6) is 0 Å². The van der Waals surface area contributed by atoms with Gasteiger partial charge >= 0.3 is 0 Å². The SMILES string of the molecule is COCCn1c(SCc2ccc(SC)cc2)nc2ccccc2c1=O. The standard InChI is InChI=1S/C19H20N2O2S2/c1-23-12-11-21-18(22)16-5-3-4-6-17(16)20-19(21)25-13-14-7-9-15(24-2)10-8-14/h3-10H,11-13H2,1-2H3. The fraction of sp³-hybridized carbons (Fsp3) is 0.263. The third-order valence-electron chi connectivity index (χ3n) is 3.87. The molecule has 0 saturated heterocycles. The first-order chi connectivity index (χ1) is 12.2. The summed E-state index contributed by atoms with van der Waals surface area (Å²) >= 11 is 3.31. The van der Waals surface area contributed by atoms with Gasteiger partial charge in [-0.25, -0.2) is 4.98 Å². The zero-order valence-corrected chi connectivity index (χ0v) is 15.9. The number of methoxy groups -OCH3 is 1. The molecule has 3 aromatic rings. The summed E-state index contributed by atoms with van der Waals surface area (Å²) in [6, 6.07) is 16.0. The number of fused-ring (bicyclic) bond motifs is 1. The molecule has 4 nitrogen and oxygen atoms in total. The van der Waals surface area contributed by atoms with Gasteiger partial charge in [0.15, 0.2) is 5.16 Å². The van der Waals surface area contributed by atoms with Crippen LogP contribution in [-0.4, -0.2) is 29.5 Å². The second-order valence-electron chi connectivity index (χ2n) is 5.50. The van der Waals surface area contributed by atoms with E-state index in [9.17, 15) is 4.79 Å². The van der Waals surface area contributed by atoms with Gasteiger partial charge in [0.1, 0.15) is 0 Å². The number of nitrogens with zero attached hydrogens (tertiary/aromatic N) is 2. The molecule has 1 heterocycles. The van der Waals surface area contributed by atoms with E-state index in [1.807, 2.05) is 24.3 Å². The van der Waals surface area contributed by atoms with Gasteiger partial charge in [0, 0.05) is 17.8 Å². The zero-order chi connectivity index (χ0) is 17.6. The lowest BCUT2D eigenvalue weighted by Crippen LogP contribution is -2.25. The Kier molecular flexibility index (Phi) is 6.18. The van der Waals surface area contributed by atoms with Crippen LogP contribution in [0.2, 0.25) is 0 Å². The summed E-state index contributed by atoms with van der Waals surface area (Å²) in [5.74, 6) is 0.770. The molecular formula is C19H20N2O2S2. The van der Waals surface area contributed by atoms with Crippen molar-refractivity contribution >= 4 is 34.4 Å². The molecule has 0 N–H and O–H groups in total. The molecule has 0 spiro atoms. The first kappa shape index (κ1) is 18.0. The fourth-order valence-corrected chi connectivity index (χ4v) is 3.90. The number of para-hydroxylation sites is 1. The van der Waals surface area contributed by atoms with Gasteiger partial charge in [0.2, 0.25) is 0 Å². The molecule has 0 aliphatic carbocycles. The maximum Gasteiger partial charge on any atom is 0.262 e. The molecule has 130 valence electrons. The third kappa shape index (κ3) is 4.26. The van der Waals surface area contributed by atoms with Crippen LogP contribution in [0.3, 0.4) is 0 Å². The summed E-state index contributed by atoms with van der Waals surface area (Å²) in [4.78, 5) is 18.8. The molecule has 1 aromatic heterocycles. The summed E-state index contributed by atoms with van der Waals surface area (Å²) in [5, 5.41) is 1.38. The smallest absolute Gasteiger partial charge is 0.262 e. The van der Waals surface area contributed by atoms with Crippen LogP contribution in [-0.2, 0) is 17.0 Å². The molecule has 0 radical (unpaired) electrons. The Morgan fingerprint density at radius 3 is 2.60 bits per heavy atom. The normalized spacial score (nSPS) is 11.1. The van der Waals surface area contributed by atoms with Crippen molar-refractivity contribution in [2.24, 2.45) is 0 Å². The highest BCUT2D eigenvalue weighted by Gasteiger charge is 2.11. The molecule has 6 heteroatoms. The molecular weight excluding hydrogens is 352 g/mol. The highest BCUT2D eigenvalue weighted by molar-refractivity contribution is 7.98. The topological polar surface area (TPSA) is 44.1 Å². The van der Waals surface area contributed by atoms with E-state index in [1.165, 1.54) is 10.5 Å². The van der Waals surface area contributed by atoms with Crippen molar-refractivity contribution < 1.29 is 4.74 Å². The highest BCUT2D eigenvalue weighted by atomic mass is 32.2. The lowest BCUT2D eigenvalue weighted by Gasteiger charge is -2.12. The molecule has 0 atom stereocenters. The minimum absolute atomic E-state index is 0.0112. The van der Waals surface area contributed by atoms with Gasteiger partial charge in [-0.2, -0.15) is 0 Å². The van der Waals surface area contributed by atoms with Crippen LogP contribution in [0.15, 0.2) is 63.4 Å². The maximum absolute atomic E-state index is 12.8. The Labute approximate surface area is 155 Å². The summed E-state index contributed by atoms with van der Waals surface area (Å²) in [7, 11) is 1.64. The number of thioether (sulfide) groups is 2. The molecule has 0 aliphatic rings. The molecule has 0 aliphatic heterocycles. The van der Waals surface area contributed by atoms with Crippen LogP contribution in [0.4, 0.5) is 0 Å². The predicted molar refractivity (Wildman–Crippen MR) is 106 cm³/mol. The number of aromatic nitrogens is 2. The van der Waals surface area contributed by atoms with Gasteiger partial charge in [0.25, 0.3) is 5.56 Å². The van der Waals surface area contributed by atoms with Gasteiger partial charge < -0.3 is 4.74 Å². The van der Waals surface area contributed by atoms with Crippen LogP contribution < -0.4 is 5.56 Å². The van der Waals surface area contributed by atoms with Crippen molar-refractivity contribution in [1.29, 1.82) is 0 Å². The van der Waals surface area contributed by atoms with Gasteiger partial charge in [-0.3, -0.25) is 9.36 Å². The Bertz CT molecular complexity index is 907. The average molecular weight is 373 g/mol. The van der Waals surface area contributed by atoms with Crippen molar-refractivity contribution in [1.82, 2.24) is 9.55 Å². The van der Waals surface area contributed by atoms with Crippen molar-refractivity contribution in [3.05, 3.63) is 64.4 Å². The highest BCUT2D eigenvalue weighted by Crippen LogP contribution is 2.23. The molecule has 0 bridgehead atoms. The summed E-state index contributed by atoms with van der Waals surface area (Å²) in [6.07, 6.45) is 2.07. The van der Waals surface area contributed by atoms with E-state index < -0.39 is 0 Å². The number of hydrogen-bond donors (Lipinski definition) is 0. The molecule has 0 fully saturated rings. The van der Waals surface area contributed by atoms with E-state index >= 15 is 0 Å². The van der Waals surface area contributed by atoms with Crippen LogP contribution in [0.1, 0.15) is 5.56 Å². The molecule has 0 amide bonds. The fourth-order valence-electron chi connectivity index (χ4n) is 2.51. The minimum Gasteiger partial charge on any atom is -0.383 e. The molecule has 0 unspecified atom stereocenters. The van der Waals surface area contributed by atoms with Crippen molar-refractivity contribution in [2.45, 2.75) is 22.3 Å². The van der Waals surface area contributed by atoms with Gasteiger partial charge in [0.05, 0.1) is 24.1 Å². The lowest BCUT2D eigenvalue weighted by atomic mass is 10.2. The quantitative estimate of drug-likeness (QED) is 0.462. The summed E-state index contributed by atoms with van der Waals surface area (Å²) in [6.45, 7) is 0.983. The Hall–Kier alpha value is -1.76. The van der Waals surface area contributed by atoms with Crippen molar-refractivity contribution in [3.63, 3.8) is 0 Å². The molecule has 25 heavy (non-hydrogen) atoms. The average Bonchev–Trinajstić information content (AvgIpc) is 2.66. The second kappa shape index (κ2) is 8.56. The van der Waals surface area contributed by atoms with Crippen LogP contribution in [0, 0.1) is 0 Å². The van der Waals surface area contributed by atoms with E-state index in [-0.39, 0.29) is 5.56 Å². The monoisotopic (exact) mass is 372 g/mol. The van der Waals surface area contributed by atoms with Crippen LogP contribution >= 0.6 is 23.5 Å². The third-order valence-corrected chi connectivity index (χ3v) is 5.66. The summed E-state index contributed by atoms with van der Waals surface area (Å²) < 4.78 is 6.87.